The lowest BCUT2D eigenvalue weighted by Crippen LogP contribution is -2.60. The lowest BCUT2D eigenvalue weighted by Gasteiger charge is -2.30. The van der Waals surface area contributed by atoms with Crippen LogP contribution in [0.1, 0.15) is 141 Å². The van der Waals surface area contributed by atoms with Crippen LogP contribution in [0.15, 0.2) is 24.3 Å². The lowest BCUT2D eigenvalue weighted by atomic mass is 10.0. The highest BCUT2D eigenvalue weighted by molar-refractivity contribution is 6.00. The van der Waals surface area contributed by atoms with Crippen molar-refractivity contribution < 1.29 is 67.7 Å². The van der Waals surface area contributed by atoms with Gasteiger partial charge in [0, 0.05) is 31.8 Å². The smallest absolute Gasteiger partial charge is 0.245 e. The van der Waals surface area contributed by atoms with Gasteiger partial charge in [0.05, 0.1) is 25.9 Å². The van der Waals surface area contributed by atoms with Crippen LogP contribution in [0.25, 0.3) is 0 Å². The number of nitrogens with zero attached hydrogens (tertiary/aromatic N) is 1. The van der Waals surface area contributed by atoms with E-state index >= 15 is 0 Å². The predicted molar refractivity (Wildman–Crippen MR) is 273 cm³/mol. The summed E-state index contributed by atoms with van der Waals surface area (Å²) in [6.07, 6.45) is 7.09. The first-order chi connectivity index (χ1) is 36.1. The fourth-order valence-electron chi connectivity index (χ4n) is 8.97. The molecule has 26 heteroatoms. The summed E-state index contributed by atoms with van der Waals surface area (Å²) in [6.45, 7) is 1.04. The maximum absolute atomic E-state index is 14.3. The Morgan fingerprint density at radius 3 is 1.50 bits per heavy atom. The Labute approximate surface area is 441 Å². The van der Waals surface area contributed by atoms with Gasteiger partial charge in [0.1, 0.15) is 48.0 Å². The van der Waals surface area contributed by atoms with Crippen LogP contribution in [0.5, 0.6) is 5.75 Å². The Balaban J connectivity index is 2.10. The third-order valence-electron chi connectivity index (χ3n) is 13.0. The molecule has 8 unspecified atom stereocenters. The van der Waals surface area contributed by atoms with E-state index in [9.17, 15) is 67.7 Å². The zero-order chi connectivity index (χ0) is 56.3. The van der Waals surface area contributed by atoms with Crippen molar-refractivity contribution in [1.82, 2.24) is 42.1 Å². The molecule has 8 atom stereocenters. The molecule has 0 aliphatic carbocycles. The second kappa shape index (κ2) is 32.8. The highest BCUT2D eigenvalue weighted by Gasteiger charge is 2.41. The third-order valence-corrected chi connectivity index (χ3v) is 13.0. The van der Waals surface area contributed by atoms with Gasteiger partial charge >= 0.3 is 0 Å². The number of aliphatic hydroxyl groups excluding tert-OH is 1. The van der Waals surface area contributed by atoms with Gasteiger partial charge in [-0.25, -0.2) is 0 Å². The van der Waals surface area contributed by atoms with E-state index in [4.69, 9.17) is 22.9 Å². The Hall–Kier alpha value is -7.38. The van der Waals surface area contributed by atoms with Crippen molar-refractivity contribution in [2.75, 3.05) is 13.2 Å². The van der Waals surface area contributed by atoms with Gasteiger partial charge in [0.25, 0.3) is 0 Å². The van der Waals surface area contributed by atoms with Crippen LogP contribution in [0, 0.1) is 0 Å². The number of carbonyl (C=O) groups excluding carboxylic acids is 12. The zero-order valence-corrected chi connectivity index (χ0v) is 43.2. The van der Waals surface area contributed by atoms with Crippen LogP contribution < -0.4 is 60.2 Å². The first kappa shape index (κ1) is 62.9. The molecule has 0 aromatic heterocycles. The second-order valence-electron chi connectivity index (χ2n) is 19.4. The molecule has 17 N–H and O–H groups in total. The molecule has 12 amide bonds. The van der Waals surface area contributed by atoms with Crippen molar-refractivity contribution in [3.05, 3.63) is 29.8 Å². The minimum absolute atomic E-state index is 0.0173. The number of nitrogens with two attached hydrogens (primary N) is 4. The maximum Gasteiger partial charge on any atom is 0.245 e. The normalized spacial score (nSPS) is 23.7. The van der Waals surface area contributed by atoms with Gasteiger partial charge in [-0.2, -0.15) is 0 Å². The first-order valence-corrected chi connectivity index (χ1v) is 26.1. The van der Waals surface area contributed by atoms with Gasteiger partial charge in [0.15, 0.2) is 0 Å². The molecule has 0 bridgehead atoms. The SMILES string of the molecule is CCCCCCCCCCCCCC1CC(=O)NC(CC(N)=O)C(=O)NC(Cc2ccc(O)cc2)C(=O)NC(CC(N)=O)C(=O)NC(CCC(N)=O)C(=O)N2CCCC2C(=O)NC(CO)C(=O)NC(CC(N)=O)C(=O)N1. The van der Waals surface area contributed by atoms with Gasteiger partial charge in [-0.15, -0.1) is 0 Å². The number of carbonyl (C=O) groups is 12. The average molecular weight is 1070 g/mol. The second-order valence-corrected chi connectivity index (χ2v) is 19.4. The number of fused-ring (bicyclic) bond motifs is 1. The molecule has 76 heavy (non-hydrogen) atoms. The van der Waals surface area contributed by atoms with E-state index in [0.29, 0.717) is 18.4 Å². The van der Waals surface area contributed by atoms with E-state index in [1.54, 1.807) is 0 Å². The number of amides is 12. The van der Waals surface area contributed by atoms with E-state index in [-0.39, 0.29) is 38.0 Å². The van der Waals surface area contributed by atoms with Crippen LogP contribution in [0.4, 0.5) is 0 Å². The van der Waals surface area contributed by atoms with Gasteiger partial charge in [-0.05, 0) is 43.4 Å². The van der Waals surface area contributed by atoms with E-state index in [2.05, 4.69) is 44.1 Å². The summed E-state index contributed by atoms with van der Waals surface area (Å²) in [5.74, 6) is -12.5. The highest BCUT2D eigenvalue weighted by Crippen LogP contribution is 2.21. The molecule has 2 aliphatic heterocycles. The van der Waals surface area contributed by atoms with Gasteiger partial charge < -0.3 is 75.3 Å². The monoisotopic (exact) mass is 1070 g/mol. The minimum Gasteiger partial charge on any atom is -0.508 e. The molecular weight excluding hydrogens is 993 g/mol. The molecule has 2 heterocycles. The quantitative estimate of drug-likeness (QED) is 0.0469. The van der Waals surface area contributed by atoms with Crippen molar-refractivity contribution in [3.63, 3.8) is 0 Å². The Bertz CT molecular complexity index is 2200. The number of unbranched alkanes of at least 4 members (excludes halogenated alkanes) is 10. The van der Waals surface area contributed by atoms with Crippen molar-refractivity contribution in [2.45, 2.75) is 190 Å². The van der Waals surface area contributed by atoms with Crippen LogP contribution in [-0.4, -0.2) is 147 Å². The van der Waals surface area contributed by atoms with E-state index in [1.165, 1.54) is 43.5 Å². The molecular formula is C50H78N12O14. The summed E-state index contributed by atoms with van der Waals surface area (Å²) in [5.41, 5.74) is 22.2. The fraction of sp³-hybridized carbons (Fsp3) is 0.640. The van der Waals surface area contributed by atoms with Crippen molar-refractivity contribution in [2.24, 2.45) is 22.9 Å². The number of primary amides is 4. The predicted octanol–water partition coefficient (Wildman–Crippen LogP) is -2.69. The summed E-state index contributed by atoms with van der Waals surface area (Å²) in [4.78, 5) is 162. The standard InChI is InChI=1S/C50H78N12O14/c1-2-3-4-5-6-7-8-9-10-11-12-14-30-24-43(69)56-34(25-40(52)66)46(72)58-33(23-29-16-18-31(64)19-17-29)45(71)59-36(27-42(54)68)47(73)57-32(20-21-39(51)65)50(76)62-22-13-15-38(62)49(75)61-37(28-63)48(74)60-35(26-41(53)67)44(70)55-30/h16-19,30,32-38,63-64H,2-15,20-28H2,1H3,(H2,51,65)(H2,52,66)(H2,53,67)(H2,54,68)(H,55,70)(H,56,69)(H,57,73)(H,58,72)(H,59,71)(H,60,74)(H,61,75). The van der Waals surface area contributed by atoms with Gasteiger partial charge in [0.2, 0.25) is 70.9 Å². The molecule has 2 aliphatic rings. The number of rotatable bonds is 24. The number of nitrogens with one attached hydrogen (secondary N) is 7. The number of phenolic OH excluding ortho intramolecular Hbond substituents is 1. The van der Waals surface area contributed by atoms with Crippen molar-refractivity contribution >= 4 is 70.9 Å². The summed E-state index contributed by atoms with van der Waals surface area (Å²) in [5, 5.41) is 37.2. The summed E-state index contributed by atoms with van der Waals surface area (Å²) < 4.78 is 0. The molecule has 422 valence electrons. The lowest BCUT2D eigenvalue weighted by molar-refractivity contribution is -0.143. The van der Waals surface area contributed by atoms with Crippen molar-refractivity contribution in [1.29, 1.82) is 0 Å². The molecule has 26 nitrogen and oxygen atoms in total. The largest absolute Gasteiger partial charge is 0.508 e. The highest BCUT2D eigenvalue weighted by atomic mass is 16.3. The Morgan fingerprint density at radius 2 is 0.987 bits per heavy atom. The minimum atomic E-state index is -1.85. The Kier molecular flexibility index (Phi) is 27.2. The summed E-state index contributed by atoms with van der Waals surface area (Å²) in [6, 6.07) is -7.34. The fourth-order valence-corrected chi connectivity index (χ4v) is 8.97. The third kappa shape index (κ3) is 22.6. The number of hydrogen-bond donors (Lipinski definition) is 13. The van der Waals surface area contributed by atoms with Crippen LogP contribution in [0.3, 0.4) is 0 Å². The van der Waals surface area contributed by atoms with Gasteiger partial charge in [-0.1, -0.05) is 89.7 Å². The number of aliphatic hydroxyl groups is 1. The van der Waals surface area contributed by atoms with Gasteiger partial charge in [-0.3, -0.25) is 57.5 Å². The molecule has 2 fully saturated rings. The molecule has 1 aromatic rings. The van der Waals surface area contributed by atoms with Crippen LogP contribution in [-0.2, 0) is 64.0 Å². The number of benzene rings is 1. The molecule has 3 rings (SSSR count). The molecule has 0 spiro atoms. The Morgan fingerprint density at radius 1 is 0.539 bits per heavy atom. The molecule has 0 saturated carbocycles. The summed E-state index contributed by atoms with van der Waals surface area (Å²) in [7, 11) is 0. The topological polar surface area (TPSA) is 437 Å². The maximum atomic E-state index is 14.3. The first-order valence-electron chi connectivity index (χ1n) is 26.1. The van der Waals surface area contributed by atoms with Crippen LogP contribution in [0.2, 0.25) is 0 Å². The van der Waals surface area contributed by atoms with Crippen molar-refractivity contribution in [3.8, 4) is 5.75 Å². The molecule has 0 radical (unpaired) electrons. The summed E-state index contributed by atoms with van der Waals surface area (Å²) >= 11 is 0. The van der Waals surface area contributed by atoms with E-state index in [1.807, 2.05) is 0 Å². The van der Waals surface area contributed by atoms with E-state index < -0.39 is 164 Å². The van der Waals surface area contributed by atoms with E-state index in [0.717, 1.165) is 43.4 Å². The number of hydrogen-bond acceptors (Lipinski definition) is 14. The molecule has 2 saturated heterocycles. The van der Waals surface area contributed by atoms with Crippen LogP contribution >= 0.6 is 0 Å². The molecule has 1 aromatic carbocycles. The number of aromatic hydroxyl groups is 1. The zero-order valence-electron chi connectivity index (χ0n) is 43.2. The average Bonchev–Trinajstić information content (AvgIpc) is 3.85. The number of phenols is 1.